The predicted octanol–water partition coefficient (Wildman–Crippen LogP) is 3.76. The van der Waals surface area contributed by atoms with Gasteiger partial charge in [-0.05, 0) is 48.2 Å². The molecule has 0 spiro atoms. The van der Waals surface area contributed by atoms with Crippen molar-refractivity contribution in [1.29, 1.82) is 0 Å². The van der Waals surface area contributed by atoms with Gasteiger partial charge in [-0.1, -0.05) is 35.9 Å². The molecule has 3 nitrogen and oxygen atoms in total. The lowest BCUT2D eigenvalue weighted by Gasteiger charge is -2.14. The SMILES string of the molecule is Cc1ccc(C(Cc2cccc(O)c2)C(=O)O)cc1Cl. The van der Waals surface area contributed by atoms with Crippen molar-refractivity contribution in [1.82, 2.24) is 0 Å². The maximum atomic E-state index is 11.5. The number of benzene rings is 2. The normalized spacial score (nSPS) is 12.1. The molecule has 2 aromatic rings. The minimum absolute atomic E-state index is 0.133. The quantitative estimate of drug-likeness (QED) is 0.901. The Morgan fingerprint density at radius 1 is 1.25 bits per heavy atom. The number of aliphatic carboxylic acids is 1. The highest BCUT2D eigenvalue weighted by Crippen LogP contribution is 2.26. The van der Waals surface area contributed by atoms with Gasteiger partial charge < -0.3 is 10.2 Å². The lowest BCUT2D eigenvalue weighted by molar-refractivity contribution is -0.138. The van der Waals surface area contributed by atoms with Gasteiger partial charge in [0.15, 0.2) is 0 Å². The first kappa shape index (κ1) is 14.4. The Balaban J connectivity index is 2.32. The Kier molecular flexibility index (Phi) is 4.30. The number of carboxylic acids is 1. The van der Waals surface area contributed by atoms with Crippen LogP contribution in [-0.2, 0) is 11.2 Å². The first-order chi connectivity index (χ1) is 9.47. The summed E-state index contributed by atoms with van der Waals surface area (Å²) < 4.78 is 0. The third-order valence-corrected chi connectivity index (χ3v) is 3.65. The van der Waals surface area contributed by atoms with Crippen LogP contribution in [0.1, 0.15) is 22.6 Å². The van der Waals surface area contributed by atoms with Crippen LogP contribution in [-0.4, -0.2) is 16.2 Å². The molecule has 0 heterocycles. The van der Waals surface area contributed by atoms with E-state index in [2.05, 4.69) is 0 Å². The van der Waals surface area contributed by atoms with Crippen LogP contribution in [0.3, 0.4) is 0 Å². The van der Waals surface area contributed by atoms with Crippen LogP contribution in [0.5, 0.6) is 5.75 Å². The first-order valence-corrected chi connectivity index (χ1v) is 6.62. The summed E-state index contributed by atoms with van der Waals surface area (Å²) in [5.74, 6) is -1.46. The van der Waals surface area contributed by atoms with Crippen molar-refractivity contribution in [2.24, 2.45) is 0 Å². The standard InChI is InChI=1S/C16H15ClO3/c1-10-5-6-12(9-15(10)17)14(16(19)20)8-11-3-2-4-13(18)7-11/h2-7,9,14,18H,8H2,1H3,(H,19,20). The molecule has 2 rings (SSSR count). The fourth-order valence-electron chi connectivity index (χ4n) is 2.09. The van der Waals surface area contributed by atoms with Crippen LogP contribution in [0.15, 0.2) is 42.5 Å². The van der Waals surface area contributed by atoms with E-state index in [0.717, 1.165) is 11.1 Å². The Hall–Kier alpha value is -2.00. The second-order valence-electron chi connectivity index (χ2n) is 4.77. The number of carbonyl (C=O) groups is 1. The molecule has 0 aliphatic heterocycles. The summed E-state index contributed by atoms with van der Waals surface area (Å²) in [6.07, 6.45) is 0.309. The zero-order valence-electron chi connectivity index (χ0n) is 11.0. The molecule has 0 saturated heterocycles. The summed E-state index contributed by atoms with van der Waals surface area (Å²) >= 11 is 6.06. The number of phenolic OH excluding ortho intramolecular Hbond substituents is 1. The number of phenols is 1. The summed E-state index contributed by atoms with van der Waals surface area (Å²) in [4.78, 5) is 11.5. The summed E-state index contributed by atoms with van der Waals surface area (Å²) in [6, 6.07) is 11.9. The van der Waals surface area contributed by atoms with Crippen LogP contribution in [0.2, 0.25) is 5.02 Å². The summed E-state index contributed by atoms with van der Waals surface area (Å²) in [7, 11) is 0. The molecule has 0 saturated carbocycles. The Bertz CT molecular complexity index is 637. The molecular weight excluding hydrogens is 276 g/mol. The van der Waals surface area contributed by atoms with Gasteiger partial charge in [0.05, 0.1) is 5.92 Å². The van der Waals surface area contributed by atoms with Crippen LogP contribution < -0.4 is 0 Å². The van der Waals surface area contributed by atoms with E-state index in [9.17, 15) is 15.0 Å². The van der Waals surface area contributed by atoms with E-state index >= 15 is 0 Å². The number of halogens is 1. The van der Waals surface area contributed by atoms with Gasteiger partial charge in [-0.15, -0.1) is 0 Å². The third-order valence-electron chi connectivity index (χ3n) is 3.25. The molecule has 0 radical (unpaired) electrons. The minimum Gasteiger partial charge on any atom is -0.508 e. The topological polar surface area (TPSA) is 57.5 Å². The van der Waals surface area contributed by atoms with E-state index < -0.39 is 11.9 Å². The van der Waals surface area contributed by atoms with Crippen LogP contribution in [0.4, 0.5) is 0 Å². The van der Waals surface area contributed by atoms with Gasteiger partial charge in [-0.3, -0.25) is 4.79 Å². The van der Waals surface area contributed by atoms with Crippen molar-refractivity contribution in [2.75, 3.05) is 0 Å². The Labute approximate surface area is 122 Å². The molecule has 0 aliphatic rings. The molecule has 104 valence electrons. The maximum absolute atomic E-state index is 11.5. The van der Waals surface area contributed by atoms with E-state index in [4.69, 9.17) is 11.6 Å². The average Bonchev–Trinajstić information content (AvgIpc) is 2.39. The first-order valence-electron chi connectivity index (χ1n) is 6.24. The summed E-state index contributed by atoms with van der Waals surface area (Å²) in [5, 5.41) is 19.4. The van der Waals surface area contributed by atoms with E-state index in [1.54, 1.807) is 36.4 Å². The maximum Gasteiger partial charge on any atom is 0.311 e. The third kappa shape index (κ3) is 3.31. The van der Waals surface area contributed by atoms with Gasteiger partial charge in [0.25, 0.3) is 0 Å². The van der Waals surface area contributed by atoms with E-state index in [1.165, 1.54) is 0 Å². The van der Waals surface area contributed by atoms with E-state index in [0.29, 0.717) is 17.0 Å². The number of carboxylic acid groups (broad SMARTS) is 1. The zero-order chi connectivity index (χ0) is 14.7. The lowest BCUT2D eigenvalue weighted by Crippen LogP contribution is -2.14. The highest BCUT2D eigenvalue weighted by molar-refractivity contribution is 6.31. The number of rotatable bonds is 4. The van der Waals surface area contributed by atoms with Crippen molar-refractivity contribution in [3.8, 4) is 5.75 Å². The second-order valence-corrected chi connectivity index (χ2v) is 5.18. The summed E-state index contributed by atoms with van der Waals surface area (Å²) in [6.45, 7) is 1.87. The molecule has 1 atom stereocenters. The van der Waals surface area contributed by atoms with Crippen molar-refractivity contribution in [2.45, 2.75) is 19.3 Å². The van der Waals surface area contributed by atoms with E-state index in [1.807, 2.05) is 13.0 Å². The number of aromatic hydroxyl groups is 1. The van der Waals surface area contributed by atoms with Crippen molar-refractivity contribution in [3.63, 3.8) is 0 Å². The highest BCUT2D eigenvalue weighted by Gasteiger charge is 2.21. The fourth-order valence-corrected chi connectivity index (χ4v) is 2.28. The molecule has 0 bridgehead atoms. The van der Waals surface area contributed by atoms with Crippen molar-refractivity contribution >= 4 is 17.6 Å². The van der Waals surface area contributed by atoms with Gasteiger partial charge in [-0.25, -0.2) is 0 Å². The molecule has 0 fully saturated rings. The second kappa shape index (κ2) is 5.97. The molecule has 0 amide bonds. The molecule has 0 aliphatic carbocycles. The van der Waals surface area contributed by atoms with Crippen molar-refractivity contribution in [3.05, 3.63) is 64.2 Å². The lowest BCUT2D eigenvalue weighted by atomic mass is 9.91. The van der Waals surface area contributed by atoms with Crippen LogP contribution >= 0.6 is 11.6 Å². The van der Waals surface area contributed by atoms with Crippen LogP contribution in [0.25, 0.3) is 0 Å². The Morgan fingerprint density at radius 2 is 2.00 bits per heavy atom. The van der Waals surface area contributed by atoms with Gasteiger partial charge in [-0.2, -0.15) is 0 Å². The number of aryl methyl sites for hydroxylation is 1. The van der Waals surface area contributed by atoms with Gasteiger partial charge in [0, 0.05) is 5.02 Å². The summed E-state index contributed by atoms with van der Waals surface area (Å²) in [5.41, 5.74) is 2.35. The predicted molar refractivity (Wildman–Crippen MR) is 78.4 cm³/mol. The van der Waals surface area contributed by atoms with Crippen LogP contribution in [0, 0.1) is 6.92 Å². The number of hydrogen-bond acceptors (Lipinski definition) is 2. The highest BCUT2D eigenvalue weighted by atomic mass is 35.5. The van der Waals surface area contributed by atoms with E-state index in [-0.39, 0.29) is 5.75 Å². The Morgan fingerprint density at radius 3 is 2.60 bits per heavy atom. The van der Waals surface area contributed by atoms with Gasteiger partial charge in [0.2, 0.25) is 0 Å². The monoisotopic (exact) mass is 290 g/mol. The smallest absolute Gasteiger partial charge is 0.311 e. The molecule has 2 N–H and O–H groups in total. The molecule has 4 heteroatoms. The number of hydrogen-bond donors (Lipinski definition) is 2. The molecular formula is C16H15ClO3. The molecule has 20 heavy (non-hydrogen) atoms. The largest absolute Gasteiger partial charge is 0.508 e. The molecule has 2 aromatic carbocycles. The average molecular weight is 291 g/mol. The molecule has 1 unspecified atom stereocenters. The molecule has 0 aromatic heterocycles. The fraction of sp³-hybridized carbons (Fsp3) is 0.188. The van der Waals surface area contributed by atoms with Gasteiger partial charge >= 0.3 is 5.97 Å². The van der Waals surface area contributed by atoms with Gasteiger partial charge in [0.1, 0.15) is 5.75 Å². The van der Waals surface area contributed by atoms with Crippen molar-refractivity contribution < 1.29 is 15.0 Å². The minimum atomic E-state index is -0.909. The zero-order valence-corrected chi connectivity index (χ0v) is 11.8.